The van der Waals surface area contributed by atoms with Crippen LogP contribution in [0.5, 0.6) is 0 Å². The molecule has 1 N–H and O–H groups in total. The Balaban J connectivity index is 1.82. The minimum absolute atomic E-state index is 0.112. The highest BCUT2D eigenvalue weighted by atomic mass is 35.5. The summed E-state index contributed by atoms with van der Waals surface area (Å²) in [7, 11) is 0. The molecule has 0 radical (unpaired) electrons. The van der Waals surface area contributed by atoms with E-state index in [1.54, 1.807) is 31.2 Å². The van der Waals surface area contributed by atoms with Crippen molar-refractivity contribution in [2.45, 2.75) is 12.7 Å². The topological polar surface area (TPSA) is 55.4 Å². The summed E-state index contributed by atoms with van der Waals surface area (Å²) >= 11 is 8.89. The molecule has 122 valence electrons. The maximum absolute atomic E-state index is 11.9. The SMILES string of the molecule is CCOC(=O)c1cccc(NC(=O)CSCc2ccc(Cl)s2)c1. The fourth-order valence-corrected chi connectivity index (χ4v) is 3.83. The van der Waals surface area contributed by atoms with Gasteiger partial charge in [0.1, 0.15) is 0 Å². The van der Waals surface area contributed by atoms with E-state index in [0.717, 1.165) is 15.0 Å². The van der Waals surface area contributed by atoms with E-state index in [4.69, 9.17) is 16.3 Å². The summed E-state index contributed by atoms with van der Waals surface area (Å²) in [4.78, 5) is 24.7. The molecule has 1 aromatic carbocycles. The first-order valence-electron chi connectivity index (χ1n) is 6.97. The average molecular weight is 370 g/mol. The number of rotatable bonds is 7. The maximum atomic E-state index is 11.9. The van der Waals surface area contributed by atoms with Gasteiger partial charge in [0, 0.05) is 16.3 Å². The van der Waals surface area contributed by atoms with Gasteiger partial charge >= 0.3 is 5.97 Å². The van der Waals surface area contributed by atoms with Crippen molar-refractivity contribution in [3.05, 3.63) is 51.2 Å². The molecule has 0 unspecified atom stereocenters. The van der Waals surface area contributed by atoms with Crippen LogP contribution >= 0.6 is 34.7 Å². The molecule has 1 aromatic heterocycles. The Hall–Kier alpha value is -1.50. The van der Waals surface area contributed by atoms with E-state index in [1.165, 1.54) is 23.1 Å². The van der Waals surface area contributed by atoms with Crippen molar-refractivity contribution in [1.29, 1.82) is 0 Å². The summed E-state index contributed by atoms with van der Waals surface area (Å²) in [6, 6.07) is 10.5. The lowest BCUT2D eigenvalue weighted by molar-refractivity contribution is -0.113. The van der Waals surface area contributed by atoms with Crippen molar-refractivity contribution in [2.75, 3.05) is 17.7 Å². The fourth-order valence-electron chi connectivity index (χ4n) is 1.81. The third kappa shape index (κ3) is 5.89. The van der Waals surface area contributed by atoms with E-state index in [0.29, 0.717) is 23.6 Å². The summed E-state index contributed by atoms with van der Waals surface area (Å²) in [5.74, 6) is 0.568. The zero-order valence-electron chi connectivity index (χ0n) is 12.5. The minimum Gasteiger partial charge on any atom is -0.462 e. The quantitative estimate of drug-likeness (QED) is 0.732. The van der Waals surface area contributed by atoms with Crippen molar-refractivity contribution >= 4 is 52.3 Å². The highest BCUT2D eigenvalue weighted by Crippen LogP contribution is 2.25. The molecule has 2 rings (SSSR count). The van der Waals surface area contributed by atoms with Gasteiger partial charge in [-0.15, -0.1) is 23.1 Å². The second-order valence-electron chi connectivity index (χ2n) is 4.55. The third-order valence-corrected chi connectivity index (χ3v) is 5.16. The molecule has 7 heteroatoms. The van der Waals surface area contributed by atoms with E-state index in [-0.39, 0.29) is 5.91 Å². The van der Waals surface area contributed by atoms with E-state index in [1.807, 2.05) is 12.1 Å². The van der Waals surface area contributed by atoms with E-state index < -0.39 is 5.97 Å². The van der Waals surface area contributed by atoms with Crippen molar-refractivity contribution in [3.8, 4) is 0 Å². The Kier molecular flexibility index (Phi) is 6.95. The van der Waals surface area contributed by atoms with Crippen LogP contribution in [0.1, 0.15) is 22.2 Å². The van der Waals surface area contributed by atoms with Gasteiger partial charge in [-0.1, -0.05) is 17.7 Å². The number of hydrogen-bond acceptors (Lipinski definition) is 5. The fraction of sp³-hybridized carbons (Fsp3) is 0.250. The number of nitrogens with one attached hydrogen (secondary N) is 1. The molecule has 0 spiro atoms. The normalized spacial score (nSPS) is 10.3. The van der Waals surface area contributed by atoms with E-state index in [2.05, 4.69) is 5.32 Å². The average Bonchev–Trinajstić information content (AvgIpc) is 2.93. The van der Waals surface area contributed by atoms with Crippen molar-refractivity contribution in [3.63, 3.8) is 0 Å². The number of hydrogen-bond donors (Lipinski definition) is 1. The standard InChI is InChI=1S/C16H16ClNO3S2/c1-2-21-16(20)11-4-3-5-12(8-11)18-15(19)10-22-9-13-6-7-14(17)23-13/h3-8H,2,9-10H2,1H3,(H,18,19). The van der Waals surface area contributed by atoms with Crippen LogP contribution in [0.3, 0.4) is 0 Å². The van der Waals surface area contributed by atoms with Gasteiger partial charge in [-0.25, -0.2) is 4.79 Å². The van der Waals surface area contributed by atoms with Gasteiger partial charge in [-0.05, 0) is 37.3 Å². The Morgan fingerprint density at radius 2 is 2.13 bits per heavy atom. The largest absolute Gasteiger partial charge is 0.462 e. The molecule has 4 nitrogen and oxygen atoms in total. The first-order valence-corrected chi connectivity index (χ1v) is 9.32. The van der Waals surface area contributed by atoms with Crippen LogP contribution in [-0.2, 0) is 15.3 Å². The molecule has 0 aliphatic heterocycles. The monoisotopic (exact) mass is 369 g/mol. The number of carbonyl (C=O) groups excluding carboxylic acids is 2. The third-order valence-electron chi connectivity index (χ3n) is 2.76. The molecule has 0 aliphatic rings. The first kappa shape index (κ1) is 17.8. The van der Waals surface area contributed by atoms with Gasteiger partial charge in [0.15, 0.2) is 0 Å². The number of benzene rings is 1. The van der Waals surface area contributed by atoms with Crippen LogP contribution in [0.4, 0.5) is 5.69 Å². The first-order chi connectivity index (χ1) is 11.1. The molecule has 1 amide bonds. The summed E-state index contributed by atoms with van der Waals surface area (Å²) in [6.07, 6.45) is 0. The Morgan fingerprint density at radius 1 is 1.30 bits per heavy atom. The highest BCUT2D eigenvalue weighted by Gasteiger charge is 2.09. The van der Waals surface area contributed by atoms with E-state index >= 15 is 0 Å². The summed E-state index contributed by atoms with van der Waals surface area (Å²) in [5, 5.41) is 2.78. The van der Waals surface area contributed by atoms with Crippen molar-refractivity contribution < 1.29 is 14.3 Å². The number of thiophene rings is 1. The van der Waals surface area contributed by atoms with Crippen LogP contribution in [0.25, 0.3) is 0 Å². The van der Waals surface area contributed by atoms with Crippen LogP contribution in [-0.4, -0.2) is 24.2 Å². The van der Waals surface area contributed by atoms with E-state index in [9.17, 15) is 9.59 Å². The Bertz CT molecular complexity index is 687. The molecular formula is C16H16ClNO3S2. The molecular weight excluding hydrogens is 354 g/mol. The van der Waals surface area contributed by atoms with Gasteiger partial charge in [-0.3, -0.25) is 4.79 Å². The van der Waals surface area contributed by atoms with Crippen LogP contribution in [0.2, 0.25) is 4.34 Å². The number of thioether (sulfide) groups is 1. The lowest BCUT2D eigenvalue weighted by Gasteiger charge is -2.07. The van der Waals surface area contributed by atoms with Crippen molar-refractivity contribution in [2.24, 2.45) is 0 Å². The lowest BCUT2D eigenvalue weighted by atomic mass is 10.2. The molecule has 0 bridgehead atoms. The second-order valence-corrected chi connectivity index (χ2v) is 7.33. The van der Waals surface area contributed by atoms with Gasteiger partial charge in [0.25, 0.3) is 0 Å². The summed E-state index contributed by atoms with van der Waals surface area (Å²) < 4.78 is 5.69. The maximum Gasteiger partial charge on any atom is 0.338 e. The number of esters is 1. The molecule has 0 fully saturated rings. The number of carbonyl (C=O) groups is 2. The molecule has 0 aliphatic carbocycles. The second kappa shape index (κ2) is 8.96. The number of ether oxygens (including phenoxy) is 1. The number of amides is 1. The number of halogens is 1. The minimum atomic E-state index is -0.396. The Morgan fingerprint density at radius 3 is 2.83 bits per heavy atom. The summed E-state index contributed by atoms with van der Waals surface area (Å²) in [6.45, 7) is 2.07. The smallest absolute Gasteiger partial charge is 0.338 e. The zero-order chi connectivity index (χ0) is 16.7. The summed E-state index contributed by atoms with van der Waals surface area (Å²) in [5.41, 5.74) is 1.01. The predicted molar refractivity (Wildman–Crippen MR) is 96.5 cm³/mol. The molecule has 0 atom stereocenters. The molecule has 0 saturated heterocycles. The van der Waals surface area contributed by atoms with Gasteiger partial charge in [-0.2, -0.15) is 0 Å². The lowest BCUT2D eigenvalue weighted by Crippen LogP contribution is -2.14. The highest BCUT2D eigenvalue weighted by molar-refractivity contribution is 7.99. The molecule has 1 heterocycles. The van der Waals surface area contributed by atoms with Crippen LogP contribution < -0.4 is 5.32 Å². The van der Waals surface area contributed by atoms with Gasteiger partial charge < -0.3 is 10.1 Å². The molecule has 23 heavy (non-hydrogen) atoms. The number of anilines is 1. The van der Waals surface area contributed by atoms with Crippen LogP contribution in [0.15, 0.2) is 36.4 Å². The van der Waals surface area contributed by atoms with Gasteiger partial charge in [0.2, 0.25) is 5.91 Å². The predicted octanol–water partition coefficient (Wildman–Crippen LogP) is 4.45. The zero-order valence-corrected chi connectivity index (χ0v) is 14.9. The van der Waals surface area contributed by atoms with Gasteiger partial charge in [0.05, 0.1) is 22.3 Å². The van der Waals surface area contributed by atoms with Crippen LogP contribution in [0, 0.1) is 0 Å². The molecule has 2 aromatic rings. The Labute approximate surface area is 148 Å². The molecule has 0 saturated carbocycles. The van der Waals surface area contributed by atoms with Crippen molar-refractivity contribution in [1.82, 2.24) is 0 Å².